The number of allylic oxidation sites excluding steroid dienone is 1. The van der Waals surface area contributed by atoms with Crippen LogP contribution in [0, 0.1) is 0 Å². The zero-order valence-electron chi connectivity index (χ0n) is 25.0. The number of amides is 1. The lowest BCUT2D eigenvalue weighted by Crippen LogP contribution is -2.16. The van der Waals surface area contributed by atoms with Crippen molar-refractivity contribution in [1.82, 2.24) is 0 Å². The average Bonchev–Trinajstić information content (AvgIpc) is 3.16. The van der Waals surface area contributed by atoms with Gasteiger partial charge in [-0.2, -0.15) is 18.6 Å². The second-order valence-electron chi connectivity index (χ2n) is 9.43. The van der Waals surface area contributed by atoms with Crippen LogP contribution in [0.15, 0.2) is 113 Å². The normalized spacial score (nSPS) is 15.4. The fourth-order valence-electron chi connectivity index (χ4n) is 4.24. The molecule has 4 aromatic rings. The minimum Gasteiger partial charge on any atom is -0.494 e. The van der Waals surface area contributed by atoms with Gasteiger partial charge in [0.15, 0.2) is 11.4 Å². The van der Waals surface area contributed by atoms with E-state index in [1.54, 1.807) is 36.4 Å². The summed E-state index contributed by atoms with van der Waals surface area (Å²) in [6.07, 6.45) is 0. The van der Waals surface area contributed by atoms with E-state index >= 15 is 0 Å². The molecule has 0 fully saturated rings. The molecule has 4 N–H and O–H groups in total. The van der Waals surface area contributed by atoms with Crippen molar-refractivity contribution >= 4 is 73.6 Å². The van der Waals surface area contributed by atoms with Gasteiger partial charge < -0.3 is 19.5 Å². The molecule has 0 atom stereocenters. The lowest BCUT2D eigenvalue weighted by molar-refractivity contribution is -0.432. The van der Waals surface area contributed by atoms with Crippen LogP contribution in [-0.4, -0.2) is 43.3 Å². The smallest absolute Gasteiger partial charge is 0.295 e. The van der Waals surface area contributed by atoms with Crippen molar-refractivity contribution < 1.29 is 61.2 Å². The van der Waals surface area contributed by atoms with E-state index < -0.39 is 20.9 Å². The number of hydrogen-bond acceptors (Lipinski definition) is 18. The highest BCUT2D eigenvalue weighted by Crippen LogP contribution is 2.37. The lowest BCUT2D eigenvalue weighted by atomic mass is 10.1. The van der Waals surface area contributed by atoms with Crippen molar-refractivity contribution in [3.8, 4) is 11.5 Å². The molecule has 0 radical (unpaired) electrons. The Kier molecular flexibility index (Phi) is 11.7. The molecular weight excluding hydrogens is 711 g/mol. The second-order valence-corrected chi connectivity index (χ2v) is 12.4. The van der Waals surface area contributed by atoms with Crippen LogP contribution in [0.2, 0.25) is 0 Å². The topological polar surface area (TPSA) is 238 Å². The lowest BCUT2D eigenvalue weighted by Gasteiger charge is -2.12. The Morgan fingerprint density at radius 1 is 0.898 bits per heavy atom. The second kappa shape index (κ2) is 16.1. The van der Waals surface area contributed by atoms with Gasteiger partial charge in [-0.1, -0.05) is 16.1 Å². The number of fused-ring (bicyclic) bond motifs is 2. The zero-order chi connectivity index (χ0) is 35.0. The highest BCUT2D eigenvalue weighted by molar-refractivity contribution is 7.94. The fraction of sp³-hybridized carbons (Fsp3) is 0.107. The minimum absolute atomic E-state index is 0.125. The highest BCUT2D eigenvalue weighted by Gasteiger charge is 2.20. The number of nitrogens with zero attached hydrogens (tertiary/aromatic N) is 4. The van der Waals surface area contributed by atoms with E-state index in [9.17, 15) is 17.8 Å². The molecule has 49 heavy (non-hydrogen) atoms. The van der Waals surface area contributed by atoms with E-state index in [4.69, 9.17) is 24.7 Å². The standard InChI is InChI=1S/C28H23N5O13S3/c1-15-27(33-32-23-12-19(47-45-43-35)6-8-24(23)42-14-41-15)28(34)29-22-7-5-18(11-25(22)40-2)31-30-17-4-3-16-9-20(48-46-44-36)13-26(21(16)10-17)49(37,38)39/h3-13,35-36H,14H2,1-2H3,(H,29,34)(H,37,38,39)/b27-15-,31-30+,33-32+. The summed E-state index contributed by atoms with van der Waals surface area (Å²) >= 11 is 1.24. The summed E-state index contributed by atoms with van der Waals surface area (Å²) in [5, 5.41) is 43.8. The molecule has 0 aliphatic carbocycles. The van der Waals surface area contributed by atoms with Gasteiger partial charge in [-0.15, -0.1) is 18.9 Å². The van der Waals surface area contributed by atoms with Gasteiger partial charge in [-0.25, -0.2) is 10.5 Å². The SMILES string of the molecule is COc1cc(/N=N/c2ccc3cc(SOOO)cc(S(=O)(=O)O)c3c2)ccc1NC(=O)C1=C(\C)OCOc2ccc(SOOO)cc2\N=N\1. The fourth-order valence-corrected chi connectivity index (χ4v) is 5.89. The number of nitrogens with one attached hydrogen (secondary N) is 1. The summed E-state index contributed by atoms with van der Waals surface area (Å²) in [4.78, 5) is 13.6. The summed E-state index contributed by atoms with van der Waals surface area (Å²) in [6, 6.07) is 16.5. The maximum atomic E-state index is 13.3. The van der Waals surface area contributed by atoms with Gasteiger partial charge in [0.2, 0.25) is 6.79 Å². The average molecular weight is 734 g/mol. The van der Waals surface area contributed by atoms with Crippen molar-refractivity contribution in [1.29, 1.82) is 0 Å². The molecular formula is C28H23N5O13S3. The minimum atomic E-state index is -4.66. The maximum absolute atomic E-state index is 13.3. The van der Waals surface area contributed by atoms with Gasteiger partial charge in [-0.3, -0.25) is 9.35 Å². The maximum Gasteiger partial charge on any atom is 0.295 e. The Morgan fingerprint density at radius 2 is 1.61 bits per heavy atom. The number of benzene rings is 4. The number of ether oxygens (including phenoxy) is 3. The molecule has 0 spiro atoms. The van der Waals surface area contributed by atoms with Crippen molar-refractivity contribution in [3.05, 3.63) is 78.2 Å². The van der Waals surface area contributed by atoms with Crippen molar-refractivity contribution in [3.63, 3.8) is 0 Å². The van der Waals surface area contributed by atoms with E-state index in [-0.39, 0.29) is 51.3 Å². The number of carbonyl (C=O) groups excluding carboxylic acids is 1. The van der Waals surface area contributed by atoms with E-state index in [1.165, 1.54) is 38.3 Å². The van der Waals surface area contributed by atoms with Crippen LogP contribution in [0.4, 0.5) is 22.7 Å². The molecule has 1 heterocycles. The quantitative estimate of drug-likeness (QED) is 0.0359. The summed E-state index contributed by atoms with van der Waals surface area (Å²) in [5.41, 5.74) is 0.913. The molecule has 4 aromatic carbocycles. The summed E-state index contributed by atoms with van der Waals surface area (Å²) < 4.78 is 59.3. The number of azo groups is 2. The highest BCUT2D eigenvalue weighted by atomic mass is 32.2. The molecule has 18 nitrogen and oxygen atoms in total. The molecule has 0 bridgehead atoms. The van der Waals surface area contributed by atoms with Crippen LogP contribution in [0.25, 0.3) is 10.8 Å². The molecule has 0 saturated carbocycles. The number of rotatable bonds is 12. The number of anilines is 1. The zero-order valence-corrected chi connectivity index (χ0v) is 27.4. The number of hydrogen-bond donors (Lipinski definition) is 4. The summed E-state index contributed by atoms with van der Waals surface area (Å²) in [7, 11) is -3.27. The Bertz CT molecular complexity index is 2080. The van der Waals surface area contributed by atoms with Crippen molar-refractivity contribution in [2.24, 2.45) is 20.5 Å². The Balaban J connectivity index is 1.36. The molecule has 1 aliphatic rings. The number of methoxy groups -OCH3 is 1. The van der Waals surface area contributed by atoms with Crippen LogP contribution in [-0.2, 0) is 38.4 Å². The predicted octanol–water partition coefficient (Wildman–Crippen LogP) is 7.69. The summed E-state index contributed by atoms with van der Waals surface area (Å²) in [5.74, 6) is -0.0194. The molecule has 1 aliphatic heterocycles. The van der Waals surface area contributed by atoms with E-state index in [0.29, 0.717) is 45.8 Å². The summed E-state index contributed by atoms with van der Waals surface area (Å²) in [6.45, 7) is 1.28. The Hall–Kier alpha value is -4.68. The molecule has 256 valence electrons. The third-order valence-corrected chi connectivity index (χ3v) is 8.44. The molecule has 5 rings (SSSR count). The van der Waals surface area contributed by atoms with E-state index in [2.05, 4.69) is 44.5 Å². The largest absolute Gasteiger partial charge is 0.494 e. The molecule has 1 amide bonds. The van der Waals surface area contributed by atoms with Gasteiger partial charge in [0.25, 0.3) is 16.0 Å². The van der Waals surface area contributed by atoms with Crippen molar-refractivity contribution in [2.75, 3.05) is 19.2 Å². The monoisotopic (exact) mass is 733 g/mol. The molecule has 0 saturated heterocycles. The molecule has 21 heteroatoms. The first kappa shape index (κ1) is 35.6. The van der Waals surface area contributed by atoms with Gasteiger partial charge in [0, 0.05) is 21.2 Å². The Labute approximate surface area is 285 Å². The van der Waals surface area contributed by atoms with Crippen LogP contribution in [0.1, 0.15) is 6.92 Å². The third-order valence-electron chi connectivity index (χ3n) is 6.41. The number of carbonyl (C=O) groups is 1. The van der Waals surface area contributed by atoms with Crippen LogP contribution in [0.3, 0.4) is 0 Å². The predicted molar refractivity (Wildman–Crippen MR) is 171 cm³/mol. The van der Waals surface area contributed by atoms with Gasteiger partial charge in [-0.05, 0) is 66.9 Å². The molecule has 0 unspecified atom stereocenters. The van der Waals surface area contributed by atoms with Crippen LogP contribution >= 0.6 is 24.1 Å². The molecule has 0 aromatic heterocycles. The first-order valence-electron chi connectivity index (χ1n) is 13.4. The Morgan fingerprint density at radius 3 is 2.33 bits per heavy atom. The van der Waals surface area contributed by atoms with E-state index in [1.807, 2.05) is 0 Å². The van der Waals surface area contributed by atoms with E-state index in [0.717, 1.165) is 6.07 Å². The van der Waals surface area contributed by atoms with Gasteiger partial charge >= 0.3 is 0 Å². The third kappa shape index (κ3) is 9.07. The van der Waals surface area contributed by atoms with Gasteiger partial charge in [0.1, 0.15) is 22.1 Å². The van der Waals surface area contributed by atoms with Crippen LogP contribution < -0.4 is 14.8 Å². The first-order valence-corrected chi connectivity index (χ1v) is 16.3. The first-order chi connectivity index (χ1) is 23.6. The van der Waals surface area contributed by atoms with Crippen molar-refractivity contribution in [2.45, 2.75) is 21.6 Å². The van der Waals surface area contributed by atoms with Crippen LogP contribution in [0.5, 0.6) is 11.5 Å². The van der Waals surface area contributed by atoms with Gasteiger partial charge in [0.05, 0.1) is 48.3 Å².